The van der Waals surface area contributed by atoms with Crippen molar-refractivity contribution in [1.82, 2.24) is 10.2 Å². The Morgan fingerprint density at radius 2 is 1.58 bits per heavy atom. The van der Waals surface area contributed by atoms with Gasteiger partial charge in [0.05, 0.1) is 15.6 Å². The van der Waals surface area contributed by atoms with Gasteiger partial charge in [-0.25, -0.2) is 4.79 Å². The van der Waals surface area contributed by atoms with Gasteiger partial charge in [-0.15, -0.1) is 0 Å². The van der Waals surface area contributed by atoms with Crippen LogP contribution in [0.5, 0.6) is 0 Å². The molecule has 10 heteroatoms. The van der Waals surface area contributed by atoms with E-state index in [0.29, 0.717) is 17.7 Å². The van der Waals surface area contributed by atoms with Crippen LogP contribution in [-0.4, -0.2) is 45.8 Å². The molecule has 1 saturated heterocycles. The quantitative estimate of drug-likeness (QED) is 0.359. The van der Waals surface area contributed by atoms with Crippen molar-refractivity contribution >= 4 is 52.6 Å². The number of rotatable bonds is 9. The summed E-state index contributed by atoms with van der Waals surface area (Å²) in [6.45, 7) is 0.280. The summed E-state index contributed by atoms with van der Waals surface area (Å²) in [5.41, 5.74) is 2.14. The summed E-state index contributed by atoms with van der Waals surface area (Å²) in [5.74, 6) is -2.31. The topological polar surface area (TPSA) is 116 Å². The maximum absolute atomic E-state index is 13.0. The summed E-state index contributed by atoms with van der Waals surface area (Å²) in [7, 11) is 0. The average Bonchev–Trinajstić information content (AvgIpc) is 3.25. The molecule has 8 nitrogen and oxygen atoms in total. The van der Waals surface area contributed by atoms with Crippen LogP contribution in [0.2, 0.25) is 10.0 Å². The number of hydrogen-bond donors (Lipinski definition) is 3. The molecule has 0 saturated carbocycles. The van der Waals surface area contributed by atoms with Crippen LogP contribution in [-0.2, 0) is 27.3 Å². The highest BCUT2D eigenvalue weighted by atomic mass is 35.5. The fourth-order valence-corrected chi connectivity index (χ4v) is 4.89. The maximum Gasteiger partial charge on any atom is 0.326 e. The average molecular weight is 554 g/mol. The monoisotopic (exact) mass is 553 g/mol. The number of anilines is 1. The molecule has 3 aromatic rings. The van der Waals surface area contributed by atoms with Gasteiger partial charge in [0.25, 0.3) is 5.91 Å². The molecule has 1 fully saturated rings. The second-order valence-electron chi connectivity index (χ2n) is 8.91. The molecule has 0 bridgehead atoms. The first-order valence-corrected chi connectivity index (χ1v) is 12.7. The third kappa shape index (κ3) is 6.51. The molecular weight excluding hydrogens is 529 g/mol. The van der Waals surface area contributed by atoms with Crippen LogP contribution in [0.4, 0.5) is 5.69 Å². The van der Waals surface area contributed by atoms with E-state index in [2.05, 4.69) is 10.6 Å². The molecule has 0 aliphatic carbocycles. The number of carbonyl (C=O) groups is 4. The number of benzene rings is 3. The van der Waals surface area contributed by atoms with E-state index in [1.165, 1.54) is 4.90 Å². The molecular formula is C28H25Cl2N3O5. The van der Waals surface area contributed by atoms with E-state index in [9.17, 15) is 24.3 Å². The zero-order valence-corrected chi connectivity index (χ0v) is 21.7. The molecule has 4 rings (SSSR count). The third-order valence-electron chi connectivity index (χ3n) is 6.28. The van der Waals surface area contributed by atoms with Crippen molar-refractivity contribution in [2.75, 3.05) is 5.32 Å². The van der Waals surface area contributed by atoms with Crippen LogP contribution in [0.15, 0.2) is 72.8 Å². The van der Waals surface area contributed by atoms with E-state index in [-0.39, 0.29) is 40.9 Å². The Hall–Kier alpha value is -3.88. The highest BCUT2D eigenvalue weighted by Crippen LogP contribution is 2.26. The lowest BCUT2D eigenvalue weighted by Crippen LogP contribution is -2.50. The molecule has 1 unspecified atom stereocenters. The molecule has 3 aromatic carbocycles. The molecule has 1 aliphatic heterocycles. The van der Waals surface area contributed by atoms with Crippen molar-refractivity contribution < 1.29 is 24.3 Å². The Labute approximate surface area is 229 Å². The number of hydrogen-bond acceptors (Lipinski definition) is 4. The number of amides is 3. The number of carbonyl (C=O) groups excluding carboxylic acids is 3. The maximum atomic E-state index is 13.0. The predicted molar refractivity (Wildman–Crippen MR) is 144 cm³/mol. The smallest absolute Gasteiger partial charge is 0.326 e. The van der Waals surface area contributed by atoms with Gasteiger partial charge in [0.1, 0.15) is 12.1 Å². The lowest BCUT2D eigenvalue weighted by molar-refractivity contribution is -0.143. The second-order valence-corrected chi connectivity index (χ2v) is 9.73. The van der Waals surface area contributed by atoms with Gasteiger partial charge in [-0.1, -0.05) is 71.7 Å². The van der Waals surface area contributed by atoms with E-state index >= 15 is 0 Å². The Balaban J connectivity index is 1.39. The summed E-state index contributed by atoms with van der Waals surface area (Å²) >= 11 is 12.2. The van der Waals surface area contributed by atoms with Crippen LogP contribution in [0, 0.1) is 0 Å². The Kier molecular flexibility index (Phi) is 8.66. The SMILES string of the molecule is O=C(Nc1ccc(C[C@H](NC(=O)C2CCC(=O)N2Cc2ccccc2)C(=O)O)cc1)c1c(Cl)cccc1Cl. The largest absolute Gasteiger partial charge is 0.480 e. The van der Waals surface area contributed by atoms with Gasteiger partial charge in [0, 0.05) is 25.1 Å². The van der Waals surface area contributed by atoms with Gasteiger partial charge in [-0.3, -0.25) is 14.4 Å². The number of nitrogens with zero attached hydrogens (tertiary/aromatic N) is 1. The number of likely N-dealkylation sites (tertiary alicyclic amines) is 1. The highest BCUT2D eigenvalue weighted by molar-refractivity contribution is 6.40. The highest BCUT2D eigenvalue weighted by Gasteiger charge is 2.37. The third-order valence-corrected chi connectivity index (χ3v) is 6.91. The molecule has 0 aromatic heterocycles. The molecule has 1 heterocycles. The van der Waals surface area contributed by atoms with Crippen molar-refractivity contribution in [3.8, 4) is 0 Å². The van der Waals surface area contributed by atoms with Gasteiger partial charge >= 0.3 is 5.97 Å². The molecule has 3 amide bonds. The molecule has 1 aliphatic rings. The Bertz CT molecular complexity index is 1330. The molecule has 2 atom stereocenters. The minimum Gasteiger partial charge on any atom is -0.480 e. The van der Waals surface area contributed by atoms with E-state index in [4.69, 9.17) is 23.2 Å². The number of aliphatic carboxylic acids is 1. The Morgan fingerprint density at radius 1 is 0.921 bits per heavy atom. The van der Waals surface area contributed by atoms with Gasteiger partial charge in [0.2, 0.25) is 11.8 Å². The van der Waals surface area contributed by atoms with Gasteiger partial charge in [0.15, 0.2) is 0 Å². The summed E-state index contributed by atoms with van der Waals surface area (Å²) in [6.07, 6.45) is 0.577. The fraction of sp³-hybridized carbons (Fsp3) is 0.214. The summed E-state index contributed by atoms with van der Waals surface area (Å²) in [4.78, 5) is 51.5. The first-order valence-electron chi connectivity index (χ1n) is 11.9. The van der Waals surface area contributed by atoms with Crippen LogP contribution >= 0.6 is 23.2 Å². The molecule has 196 valence electrons. The van der Waals surface area contributed by atoms with Crippen LogP contribution in [0.25, 0.3) is 0 Å². The number of halogens is 2. The minimum absolute atomic E-state index is 0.0188. The summed E-state index contributed by atoms with van der Waals surface area (Å²) in [6, 6.07) is 18.7. The van der Waals surface area contributed by atoms with Crippen molar-refractivity contribution in [1.29, 1.82) is 0 Å². The lowest BCUT2D eigenvalue weighted by Gasteiger charge is -2.26. The number of carboxylic acid groups (broad SMARTS) is 1. The van der Waals surface area contributed by atoms with Gasteiger partial charge in [-0.2, -0.15) is 0 Å². The van der Waals surface area contributed by atoms with Crippen molar-refractivity contribution in [2.24, 2.45) is 0 Å². The normalized spacial score (nSPS) is 15.7. The van der Waals surface area contributed by atoms with Crippen molar-refractivity contribution in [2.45, 2.75) is 37.9 Å². The van der Waals surface area contributed by atoms with Crippen molar-refractivity contribution in [3.05, 3.63) is 99.5 Å². The zero-order valence-electron chi connectivity index (χ0n) is 20.2. The minimum atomic E-state index is -1.20. The van der Waals surface area contributed by atoms with E-state index in [0.717, 1.165) is 5.56 Å². The van der Waals surface area contributed by atoms with Crippen molar-refractivity contribution in [3.63, 3.8) is 0 Å². The zero-order chi connectivity index (χ0) is 27.2. The first-order chi connectivity index (χ1) is 18.2. The van der Waals surface area contributed by atoms with E-state index in [1.54, 1.807) is 42.5 Å². The number of carboxylic acids is 1. The number of nitrogens with one attached hydrogen (secondary N) is 2. The molecule has 0 spiro atoms. The molecule has 3 N–H and O–H groups in total. The summed E-state index contributed by atoms with van der Waals surface area (Å²) in [5, 5.41) is 15.5. The predicted octanol–water partition coefficient (Wildman–Crippen LogP) is 4.55. The second kappa shape index (κ2) is 12.1. The standard InChI is InChI=1S/C28H25Cl2N3O5/c29-20-7-4-8-21(30)25(20)27(36)31-19-11-9-17(10-12-19)15-22(28(37)38)32-26(35)23-13-14-24(34)33(23)16-18-5-2-1-3-6-18/h1-12,22-23H,13-16H2,(H,31,36)(H,32,35)(H,37,38)/t22-,23?/m0/s1. The van der Waals surface area contributed by atoms with Crippen LogP contribution in [0.1, 0.15) is 34.3 Å². The fourth-order valence-electron chi connectivity index (χ4n) is 4.32. The van der Waals surface area contributed by atoms with E-state index < -0.39 is 29.9 Å². The van der Waals surface area contributed by atoms with Gasteiger partial charge < -0.3 is 20.6 Å². The van der Waals surface area contributed by atoms with E-state index in [1.807, 2.05) is 30.3 Å². The lowest BCUT2D eigenvalue weighted by atomic mass is 10.0. The van der Waals surface area contributed by atoms with Crippen LogP contribution in [0.3, 0.4) is 0 Å². The first kappa shape index (κ1) is 27.2. The molecule has 38 heavy (non-hydrogen) atoms. The van der Waals surface area contributed by atoms with Crippen LogP contribution < -0.4 is 10.6 Å². The molecule has 0 radical (unpaired) electrons. The Morgan fingerprint density at radius 3 is 2.21 bits per heavy atom. The summed E-state index contributed by atoms with van der Waals surface area (Å²) < 4.78 is 0. The van der Waals surface area contributed by atoms with Gasteiger partial charge in [-0.05, 0) is 41.8 Å².